The molecule has 3 aromatic rings. The summed E-state index contributed by atoms with van der Waals surface area (Å²) in [5, 5.41) is 15.9. The number of halogens is 3. The van der Waals surface area contributed by atoms with Crippen LogP contribution < -0.4 is 10.6 Å². The van der Waals surface area contributed by atoms with Gasteiger partial charge in [-0.2, -0.15) is 18.4 Å². The number of benzene rings is 2. The van der Waals surface area contributed by atoms with Crippen molar-refractivity contribution in [1.29, 1.82) is 5.26 Å². The van der Waals surface area contributed by atoms with Gasteiger partial charge in [-0.05, 0) is 75.1 Å². The fraction of sp³-hybridized carbons (Fsp3) is 0.320. The number of hydrogen-bond acceptors (Lipinski definition) is 4. The lowest BCUT2D eigenvalue weighted by Gasteiger charge is -2.31. The van der Waals surface area contributed by atoms with E-state index in [2.05, 4.69) is 15.6 Å². The van der Waals surface area contributed by atoms with Gasteiger partial charge in [-0.15, -0.1) is 0 Å². The first-order valence-corrected chi connectivity index (χ1v) is 10.8. The third-order valence-corrected chi connectivity index (χ3v) is 5.90. The second-order valence-corrected chi connectivity index (χ2v) is 8.44. The molecule has 1 saturated carbocycles. The Labute approximate surface area is 189 Å². The molecule has 2 aromatic carbocycles. The average molecular weight is 452 g/mol. The monoisotopic (exact) mass is 452 g/mol. The summed E-state index contributed by atoms with van der Waals surface area (Å²) >= 11 is 0. The van der Waals surface area contributed by atoms with Crippen LogP contribution in [0.1, 0.15) is 52.9 Å². The molecular formula is C25H23F3N4O. The van der Waals surface area contributed by atoms with E-state index in [1.54, 1.807) is 36.4 Å². The molecule has 0 bridgehead atoms. The van der Waals surface area contributed by atoms with E-state index in [0.717, 1.165) is 30.9 Å². The minimum Gasteiger partial charge on any atom is -0.382 e. The van der Waals surface area contributed by atoms with Crippen LogP contribution in [0.2, 0.25) is 0 Å². The maximum Gasteiger partial charge on any atom is 0.433 e. The maximum atomic E-state index is 13.4. The molecule has 0 saturated heterocycles. The summed E-state index contributed by atoms with van der Waals surface area (Å²) in [7, 11) is 0. The van der Waals surface area contributed by atoms with E-state index in [0.29, 0.717) is 34.1 Å². The van der Waals surface area contributed by atoms with Gasteiger partial charge in [0.15, 0.2) is 0 Å². The molecule has 0 radical (unpaired) electrons. The average Bonchev–Trinajstić information content (AvgIpc) is 2.79. The zero-order valence-corrected chi connectivity index (χ0v) is 18.0. The number of pyridine rings is 1. The van der Waals surface area contributed by atoms with Crippen LogP contribution in [0.15, 0.2) is 48.5 Å². The highest BCUT2D eigenvalue weighted by molar-refractivity contribution is 5.94. The number of hydrogen-bond donors (Lipinski definition) is 2. The number of anilines is 1. The van der Waals surface area contributed by atoms with E-state index in [1.165, 1.54) is 0 Å². The van der Waals surface area contributed by atoms with Crippen molar-refractivity contribution in [3.8, 4) is 6.07 Å². The number of amides is 1. The first kappa shape index (κ1) is 22.6. The minimum atomic E-state index is -4.54. The molecule has 33 heavy (non-hydrogen) atoms. The van der Waals surface area contributed by atoms with Crippen LogP contribution in [0.4, 0.5) is 18.9 Å². The molecule has 170 valence electrons. The van der Waals surface area contributed by atoms with Crippen molar-refractivity contribution in [2.75, 3.05) is 5.32 Å². The third kappa shape index (κ3) is 5.25. The smallest absolute Gasteiger partial charge is 0.382 e. The lowest BCUT2D eigenvalue weighted by molar-refractivity contribution is -0.140. The largest absolute Gasteiger partial charge is 0.433 e. The lowest BCUT2D eigenvalue weighted by atomic mass is 9.90. The molecule has 1 amide bonds. The number of aromatic nitrogens is 1. The predicted octanol–water partition coefficient (Wildman–Crippen LogP) is 5.59. The van der Waals surface area contributed by atoms with Gasteiger partial charge >= 0.3 is 6.18 Å². The molecule has 2 N–H and O–H groups in total. The minimum absolute atomic E-state index is 0.0859. The first-order valence-electron chi connectivity index (χ1n) is 10.8. The van der Waals surface area contributed by atoms with Crippen molar-refractivity contribution in [3.05, 3.63) is 70.9 Å². The predicted molar refractivity (Wildman–Crippen MR) is 120 cm³/mol. The summed E-state index contributed by atoms with van der Waals surface area (Å²) in [6.45, 7) is 1.89. The summed E-state index contributed by atoms with van der Waals surface area (Å²) in [5.41, 5.74) is 1.65. The molecule has 5 nitrogen and oxygen atoms in total. The van der Waals surface area contributed by atoms with E-state index >= 15 is 0 Å². The van der Waals surface area contributed by atoms with Gasteiger partial charge < -0.3 is 10.6 Å². The zero-order valence-electron chi connectivity index (χ0n) is 18.0. The molecule has 1 unspecified atom stereocenters. The molecule has 4 rings (SSSR count). The quantitative estimate of drug-likeness (QED) is 0.541. The van der Waals surface area contributed by atoms with Gasteiger partial charge in [-0.1, -0.05) is 11.6 Å². The Balaban J connectivity index is 1.51. The van der Waals surface area contributed by atoms with Gasteiger partial charge in [-0.3, -0.25) is 4.79 Å². The van der Waals surface area contributed by atoms with Gasteiger partial charge in [0.1, 0.15) is 5.69 Å². The van der Waals surface area contributed by atoms with Crippen LogP contribution >= 0.6 is 0 Å². The van der Waals surface area contributed by atoms with Crippen molar-refractivity contribution in [2.24, 2.45) is 0 Å². The van der Waals surface area contributed by atoms with E-state index < -0.39 is 11.9 Å². The highest BCUT2D eigenvalue weighted by atomic mass is 19.4. The Hall–Kier alpha value is -3.60. The second-order valence-electron chi connectivity index (χ2n) is 8.44. The zero-order chi connectivity index (χ0) is 23.6. The summed E-state index contributed by atoms with van der Waals surface area (Å²) in [6.07, 6.45) is -1.52. The number of nitrogens with one attached hydrogen (secondary N) is 2. The van der Waals surface area contributed by atoms with Gasteiger partial charge in [0.05, 0.1) is 17.1 Å². The number of carbonyl (C=O) groups excluding carboxylic acids is 1. The van der Waals surface area contributed by atoms with Crippen LogP contribution in [-0.4, -0.2) is 23.0 Å². The number of carbonyl (C=O) groups is 1. The van der Waals surface area contributed by atoms with E-state index in [9.17, 15) is 18.0 Å². The van der Waals surface area contributed by atoms with Crippen LogP contribution in [0.3, 0.4) is 0 Å². The lowest BCUT2D eigenvalue weighted by Crippen LogP contribution is -2.41. The Morgan fingerprint density at radius 3 is 2.52 bits per heavy atom. The van der Waals surface area contributed by atoms with Crippen molar-refractivity contribution >= 4 is 22.5 Å². The Bertz CT molecular complexity index is 1220. The number of alkyl halides is 3. The number of nitriles is 1. The number of rotatable bonds is 4. The van der Waals surface area contributed by atoms with Crippen molar-refractivity contribution in [2.45, 2.75) is 50.9 Å². The summed E-state index contributed by atoms with van der Waals surface area (Å²) in [4.78, 5) is 16.4. The fourth-order valence-electron chi connectivity index (χ4n) is 4.24. The fourth-order valence-corrected chi connectivity index (χ4v) is 4.24. The molecule has 1 fully saturated rings. The van der Waals surface area contributed by atoms with E-state index in [-0.39, 0.29) is 18.0 Å². The normalized spacial score (nSPS) is 18.5. The SMILES string of the molecule is Cc1ccc2nc(C(F)(F)F)cc(N[C@H]3CCCC(NC(=O)c4ccc(C#N)cc4)C3)c2c1. The maximum absolute atomic E-state index is 13.4. The highest BCUT2D eigenvalue weighted by Gasteiger charge is 2.34. The van der Waals surface area contributed by atoms with Crippen molar-refractivity contribution in [1.82, 2.24) is 10.3 Å². The number of fused-ring (bicyclic) bond motifs is 1. The molecular weight excluding hydrogens is 429 g/mol. The molecule has 1 heterocycles. The van der Waals surface area contributed by atoms with Crippen LogP contribution in [0.5, 0.6) is 0 Å². The van der Waals surface area contributed by atoms with Gasteiger partial charge in [0, 0.05) is 28.7 Å². The molecule has 8 heteroatoms. The van der Waals surface area contributed by atoms with Crippen molar-refractivity contribution < 1.29 is 18.0 Å². The Kier molecular flexibility index (Phi) is 6.23. The third-order valence-electron chi connectivity index (χ3n) is 5.90. The van der Waals surface area contributed by atoms with Gasteiger partial charge in [-0.25, -0.2) is 4.98 Å². The Morgan fingerprint density at radius 1 is 1.09 bits per heavy atom. The second kappa shape index (κ2) is 9.10. The molecule has 1 aliphatic rings. The van der Waals surface area contributed by atoms with Gasteiger partial charge in [0.2, 0.25) is 0 Å². The summed E-state index contributed by atoms with van der Waals surface area (Å²) < 4.78 is 40.2. The number of nitrogens with zero attached hydrogens (tertiary/aromatic N) is 2. The van der Waals surface area contributed by atoms with E-state index in [1.807, 2.05) is 19.1 Å². The summed E-state index contributed by atoms with van der Waals surface area (Å²) in [6, 6.07) is 14.5. The topological polar surface area (TPSA) is 77.8 Å². The molecule has 0 spiro atoms. The van der Waals surface area contributed by atoms with Crippen LogP contribution in [-0.2, 0) is 6.18 Å². The standard InChI is InChI=1S/C25H23F3N4O/c1-15-5-10-21-20(11-15)22(13-23(32-21)25(26,27)28)30-18-3-2-4-19(12-18)31-24(33)17-8-6-16(14-29)7-9-17/h5-11,13,18-19H,2-4,12H2,1H3,(H,30,32)(H,31,33)/t18-,19?/m0/s1. The van der Waals surface area contributed by atoms with E-state index in [4.69, 9.17) is 5.26 Å². The van der Waals surface area contributed by atoms with Crippen LogP contribution in [0, 0.1) is 18.3 Å². The molecule has 1 aromatic heterocycles. The Morgan fingerprint density at radius 2 is 1.82 bits per heavy atom. The van der Waals surface area contributed by atoms with Crippen LogP contribution in [0.25, 0.3) is 10.9 Å². The van der Waals surface area contributed by atoms with Gasteiger partial charge in [0.25, 0.3) is 5.91 Å². The summed E-state index contributed by atoms with van der Waals surface area (Å²) in [5.74, 6) is -0.227. The molecule has 0 aliphatic heterocycles. The molecule has 1 aliphatic carbocycles. The highest BCUT2D eigenvalue weighted by Crippen LogP contribution is 2.34. The number of aryl methyl sites for hydroxylation is 1. The van der Waals surface area contributed by atoms with Crippen molar-refractivity contribution in [3.63, 3.8) is 0 Å². The molecule has 2 atom stereocenters. The first-order chi connectivity index (χ1) is 15.7.